The van der Waals surface area contributed by atoms with Crippen molar-refractivity contribution < 1.29 is 24.2 Å². The van der Waals surface area contributed by atoms with Gasteiger partial charge in [0.25, 0.3) is 16.8 Å². The monoisotopic (exact) mass is 491 g/mol. The number of amides is 2. The zero-order valence-electron chi connectivity index (χ0n) is 18.2. The van der Waals surface area contributed by atoms with E-state index in [1.807, 2.05) is 31.2 Å². The van der Waals surface area contributed by atoms with Gasteiger partial charge in [-0.1, -0.05) is 36.4 Å². The molecular formula is C24H17N3O7S. The Morgan fingerprint density at radius 2 is 1.74 bits per heavy atom. The molecule has 3 aromatic carbocycles. The third kappa shape index (κ3) is 5.20. The standard InChI is InChI=1S/C24H17N3O7S/c1-15-5-2-3-7-17(15)14-25-23(28)22(35-24(25)29)12-16-6-4-8-19(11-16)34-21-10-9-18(26(30)31)13-20(21)27(32)33/h2-13H,14H2,1H3/b22-12-. The highest BCUT2D eigenvalue weighted by molar-refractivity contribution is 8.18. The van der Waals surface area contributed by atoms with E-state index in [9.17, 15) is 29.8 Å². The first kappa shape index (κ1) is 23.6. The second-order valence-electron chi connectivity index (χ2n) is 7.54. The Morgan fingerprint density at radius 1 is 0.971 bits per heavy atom. The van der Waals surface area contributed by atoms with E-state index in [1.54, 1.807) is 30.3 Å². The van der Waals surface area contributed by atoms with Gasteiger partial charge in [-0.15, -0.1) is 0 Å². The fourth-order valence-electron chi connectivity index (χ4n) is 3.39. The molecule has 4 rings (SSSR count). The summed E-state index contributed by atoms with van der Waals surface area (Å²) < 4.78 is 5.61. The molecule has 0 aromatic heterocycles. The first-order chi connectivity index (χ1) is 16.7. The lowest BCUT2D eigenvalue weighted by Crippen LogP contribution is -2.27. The van der Waals surface area contributed by atoms with Gasteiger partial charge >= 0.3 is 5.69 Å². The molecule has 0 unspecified atom stereocenters. The van der Waals surface area contributed by atoms with E-state index in [1.165, 1.54) is 4.90 Å². The molecule has 1 fully saturated rings. The zero-order valence-corrected chi connectivity index (χ0v) is 19.1. The Balaban J connectivity index is 1.56. The van der Waals surface area contributed by atoms with Gasteiger partial charge in [-0.05, 0) is 59.7 Å². The van der Waals surface area contributed by atoms with Gasteiger partial charge in [0.15, 0.2) is 0 Å². The normalized spacial score (nSPS) is 14.4. The Hall–Kier alpha value is -4.51. The second-order valence-corrected chi connectivity index (χ2v) is 8.53. The fraction of sp³-hybridized carbons (Fsp3) is 0.0833. The Kier molecular flexibility index (Phi) is 6.60. The summed E-state index contributed by atoms with van der Waals surface area (Å²) >= 11 is 0.827. The molecule has 0 aliphatic carbocycles. The molecule has 0 radical (unpaired) electrons. The number of ether oxygens (including phenoxy) is 1. The van der Waals surface area contributed by atoms with Crippen LogP contribution in [-0.2, 0) is 11.3 Å². The molecule has 3 aromatic rings. The van der Waals surface area contributed by atoms with Crippen molar-refractivity contribution in [1.82, 2.24) is 4.90 Å². The number of nitrogens with zero attached hydrogens (tertiary/aromatic N) is 3. The van der Waals surface area contributed by atoms with E-state index in [0.29, 0.717) is 5.56 Å². The first-order valence-corrected chi connectivity index (χ1v) is 11.0. The highest BCUT2D eigenvalue weighted by Gasteiger charge is 2.35. The van der Waals surface area contributed by atoms with Crippen LogP contribution in [0.25, 0.3) is 6.08 Å². The quantitative estimate of drug-likeness (QED) is 0.229. The molecule has 1 aliphatic rings. The van der Waals surface area contributed by atoms with E-state index in [4.69, 9.17) is 4.74 Å². The molecule has 0 N–H and O–H groups in total. The maximum atomic E-state index is 12.9. The van der Waals surface area contributed by atoms with Gasteiger partial charge in [-0.2, -0.15) is 0 Å². The van der Waals surface area contributed by atoms with Crippen molar-refractivity contribution in [2.45, 2.75) is 13.5 Å². The van der Waals surface area contributed by atoms with E-state index in [2.05, 4.69) is 0 Å². The van der Waals surface area contributed by atoms with E-state index >= 15 is 0 Å². The number of thioether (sulfide) groups is 1. The molecule has 176 valence electrons. The van der Waals surface area contributed by atoms with E-state index in [0.717, 1.165) is 41.1 Å². The average Bonchev–Trinajstić information content (AvgIpc) is 3.08. The first-order valence-electron chi connectivity index (χ1n) is 10.2. The van der Waals surface area contributed by atoms with Crippen LogP contribution >= 0.6 is 11.8 Å². The summed E-state index contributed by atoms with van der Waals surface area (Å²) in [7, 11) is 0. The molecule has 35 heavy (non-hydrogen) atoms. The number of carbonyl (C=O) groups is 2. The number of hydrogen-bond donors (Lipinski definition) is 0. The number of rotatable bonds is 7. The highest BCUT2D eigenvalue weighted by atomic mass is 32.2. The van der Waals surface area contributed by atoms with Gasteiger partial charge in [-0.25, -0.2) is 0 Å². The summed E-state index contributed by atoms with van der Waals surface area (Å²) in [6, 6.07) is 17.0. The second kappa shape index (κ2) is 9.77. The number of nitro groups is 2. The summed E-state index contributed by atoms with van der Waals surface area (Å²) in [4.78, 5) is 47.5. The van der Waals surface area contributed by atoms with Crippen LogP contribution < -0.4 is 4.74 Å². The van der Waals surface area contributed by atoms with Crippen molar-refractivity contribution in [3.05, 3.63) is 109 Å². The number of nitro benzene ring substituents is 2. The van der Waals surface area contributed by atoms with Gasteiger partial charge < -0.3 is 4.74 Å². The SMILES string of the molecule is Cc1ccccc1CN1C(=O)S/C(=C\c2cccc(Oc3ccc([N+](=O)[O-])cc3[N+](=O)[O-])c2)C1=O. The Labute approximate surface area is 203 Å². The van der Waals surface area contributed by atoms with Gasteiger partial charge in [0.05, 0.1) is 27.4 Å². The van der Waals surface area contributed by atoms with Crippen molar-refractivity contribution >= 4 is 40.4 Å². The van der Waals surface area contributed by atoms with Crippen molar-refractivity contribution in [3.8, 4) is 11.5 Å². The lowest BCUT2D eigenvalue weighted by Gasteiger charge is -2.14. The van der Waals surface area contributed by atoms with Crippen LogP contribution in [0, 0.1) is 27.2 Å². The third-order valence-electron chi connectivity index (χ3n) is 5.20. The number of imide groups is 1. The maximum Gasteiger partial charge on any atom is 0.318 e. The third-order valence-corrected chi connectivity index (χ3v) is 6.10. The summed E-state index contributed by atoms with van der Waals surface area (Å²) in [5.74, 6) is -0.369. The highest BCUT2D eigenvalue weighted by Crippen LogP contribution is 2.36. The number of non-ortho nitro benzene ring substituents is 1. The predicted molar refractivity (Wildman–Crippen MR) is 129 cm³/mol. The molecule has 0 bridgehead atoms. The van der Waals surface area contributed by atoms with Crippen LogP contribution in [0.4, 0.5) is 16.2 Å². The van der Waals surface area contributed by atoms with Crippen molar-refractivity contribution in [1.29, 1.82) is 0 Å². The summed E-state index contributed by atoms with van der Waals surface area (Å²) in [5.41, 5.74) is 1.39. The lowest BCUT2D eigenvalue weighted by atomic mass is 10.1. The van der Waals surface area contributed by atoms with Crippen LogP contribution in [0.3, 0.4) is 0 Å². The smallest absolute Gasteiger partial charge is 0.318 e. The molecule has 2 amide bonds. The molecule has 1 aliphatic heterocycles. The molecular weight excluding hydrogens is 474 g/mol. The maximum absolute atomic E-state index is 12.9. The summed E-state index contributed by atoms with van der Waals surface area (Å²) in [6.07, 6.45) is 1.54. The van der Waals surface area contributed by atoms with Gasteiger partial charge in [0, 0.05) is 6.07 Å². The van der Waals surface area contributed by atoms with Crippen LogP contribution in [0.1, 0.15) is 16.7 Å². The minimum absolute atomic E-state index is 0.168. The molecule has 1 heterocycles. The van der Waals surface area contributed by atoms with Gasteiger partial charge in [-0.3, -0.25) is 34.7 Å². The number of aryl methyl sites for hydroxylation is 1. The van der Waals surface area contributed by atoms with Gasteiger partial charge in [0.2, 0.25) is 5.75 Å². The average molecular weight is 491 g/mol. The molecule has 0 atom stereocenters. The van der Waals surface area contributed by atoms with Crippen LogP contribution in [0.5, 0.6) is 11.5 Å². The summed E-state index contributed by atoms with van der Waals surface area (Å²) in [6.45, 7) is 2.08. The summed E-state index contributed by atoms with van der Waals surface area (Å²) in [5, 5.41) is 21.9. The minimum Gasteiger partial charge on any atom is -0.450 e. The topological polar surface area (TPSA) is 133 Å². The van der Waals surface area contributed by atoms with Crippen LogP contribution in [0.2, 0.25) is 0 Å². The van der Waals surface area contributed by atoms with E-state index in [-0.39, 0.29) is 28.2 Å². The lowest BCUT2D eigenvalue weighted by molar-refractivity contribution is -0.394. The molecule has 0 spiro atoms. The van der Waals surface area contributed by atoms with E-state index < -0.39 is 27.1 Å². The number of benzene rings is 3. The minimum atomic E-state index is -0.767. The Morgan fingerprint density at radius 3 is 2.46 bits per heavy atom. The van der Waals surface area contributed by atoms with Gasteiger partial charge in [0.1, 0.15) is 5.75 Å². The predicted octanol–water partition coefficient (Wildman–Crippen LogP) is 5.84. The number of hydrogen-bond acceptors (Lipinski definition) is 8. The van der Waals surface area contributed by atoms with Crippen LogP contribution in [0.15, 0.2) is 71.6 Å². The molecule has 1 saturated heterocycles. The number of carbonyl (C=O) groups excluding carboxylic acids is 2. The fourth-order valence-corrected chi connectivity index (χ4v) is 4.23. The van der Waals surface area contributed by atoms with Crippen LogP contribution in [-0.4, -0.2) is 25.9 Å². The Bertz CT molecular complexity index is 1400. The molecule has 11 heteroatoms. The largest absolute Gasteiger partial charge is 0.450 e. The van der Waals surface area contributed by atoms with Crippen molar-refractivity contribution in [3.63, 3.8) is 0 Å². The zero-order chi connectivity index (χ0) is 25.1. The molecule has 10 nitrogen and oxygen atoms in total. The van der Waals surface area contributed by atoms with Crippen molar-refractivity contribution in [2.24, 2.45) is 0 Å². The van der Waals surface area contributed by atoms with Crippen molar-refractivity contribution in [2.75, 3.05) is 0 Å². The molecule has 0 saturated carbocycles.